The fourth-order valence-electron chi connectivity index (χ4n) is 3.84. The Kier molecular flexibility index (Phi) is 7.73. The van der Waals surface area contributed by atoms with Crippen molar-refractivity contribution in [3.05, 3.63) is 131 Å². The van der Waals surface area contributed by atoms with E-state index < -0.39 is 5.97 Å². The summed E-state index contributed by atoms with van der Waals surface area (Å²) in [5.74, 6) is 0.308. The zero-order valence-corrected chi connectivity index (χ0v) is 19.5. The Bertz CT molecular complexity index is 1370. The van der Waals surface area contributed by atoms with E-state index in [1.54, 1.807) is 30.3 Å². The number of methoxy groups -OCH3 is 1. The first-order valence-electron chi connectivity index (χ1n) is 11.4. The van der Waals surface area contributed by atoms with Crippen molar-refractivity contribution in [1.29, 1.82) is 5.26 Å². The van der Waals surface area contributed by atoms with Crippen LogP contribution in [0.5, 0.6) is 11.5 Å². The predicted octanol–water partition coefficient (Wildman–Crippen LogP) is 6.76. The average Bonchev–Trinajstić information content (AvgIpc) is 2.92. The second-order valence-electron chi connectivity index (χ2n) is 7.98. The van der Waals surface area contributed by atoms with Crippen LogP contribution < -0.4 is 9.47 Å². The van der Waals surface area contributed by atoms with Gasteiger partial charge in [0, 0.05) is 0 Å². The van der Waals surface area contributed by atoms with Gasteiger partial charge in [-0.2, -0.15) is 5.26 Å². The monoisotopic (exact) mass is 459 g/mol. The number of nitrogens with zero attached hydrogens (tertiary/aromatic N) is 1. The molecule has 0 heterocycles. The Hall–Kier alpha value is -4.62. The van der Waals surface area contributed by atoms with Crippen molar-refractivity contribution < 1.29 is 14.3 Å². The summed E-state index contributed by atoms with van der Waals surface area (Å²) >= 11 is 0. The van der Waals surface area contributed by atoms with Crippen molar-refractivity contribution in [2.45, 2.75) is 12.8 Å². The van der Waals surface area contributed by atoms with Crippen molar-refractivity contribution in [3.63, 3.8) is 0 Å². The Balaban J connectivity index is 1.53. The molecule has 0 spiro atoms. The van der Waals surface area contributed by atoms with E-state index in [1.165, 1.54) is 12.7 Å². The van der Waals surface area contributed by atoms with E-state index in [4.69, 9.17) is 9.47 Å². The van der Waals surface area contributed by atoms with E-state index in [9.17, 15) is 10.1 Å². The van der Waals surface area contributed by atoms with E-state index in [1.807, 2.05) is 66.7 Å². The van der Waals surface area contributed by atoms with Gasteiger partial charge in [0.15, 0.2) is 11.5 Å². The molecular weight excluding hydrogens is 434 g/mol. The summed E-state index contributed by atoms with van der Waals surface area (Å²) in [7, 11) is 1.52. The molecule has 0 saturated heterocycles. The highest BCUT2D eigenvalue weighted by atomic mass is 16.6. The molecule has 0 saturated carbocycles. The molecule has 4 heteroatoms. The lowest BCUT2D eigenvalue weighted by atomic mass is 10.00. The summed E-state index contributed by atoms with van der Waals surface area (Å²) in [5, 5.41) is 9.59. The van der Waals surface area contributed by atoms with Crippen LogP contribution in [0.3, 0.4) is 0 Å². The number of nitriles is 1. The van der Waals surface area contributed by atoms with E-state index in [0.29, 0.717) is 22.6 Å². The third-order valence-electron chi connectivity index (χ3n) is 5.67. The smallest absolute Gasteiger partial charge is 0.343 e. The molecule has 0 aliphatic heterocycles. The lowest BCUT2D eigenvalue weighted by Gasteiger charge is -2.12. The molecule has 0 fully saturated rings. The van der Waals surface area contributed by atoms with Gasteiger partial charge in [0.05, 0.1) is 24.3 Å². The fraction of sp³-hybridized carbons (Fsp3) is 0.0968. The number of hydrogen-bond donors (Lipinski definition) is 0. The first-order valence-corrected chi connectivity index (χ1v) is 11.4. The first kappa shape index (κ1) is 23.5. The molecule has 4 aromatic carbocycles. The third-order valence-corrected chi connectivity index (χ3v) is 5.67. The molecule has 0 unspecified atom stereocenters. The molecule has 4 nitrogen and oxygen atoms in total. The molecule has 0 bridgehead atoms. The van der Waals surface area contributed by atoms with Crippen molar-refractivity contribution in [2.24, 2.45) is 0 Å². The maximum absolute atomic E-state index is 13.1. The largest absolute Gasteiger partial charge is 0.493 e. The lowest BCUT2D eigenvalue weighted by molar-refractivity contribution is 0.0728. The molecule has 0 aromatic heterocycles. The van der Waals surface area contributed by atoms with E-state index >= 15 is 0 Å². The number of esters is 1. The molecule has 4 aromatic rings. The first-order chi connectivity index (χ1) is 17.2. The van der Waals surface area contributed by atoms with Gasteiger partial charge in [-0.3, -0.25) is 0 Å². The molecule has 172 valence electrons. The number of carbonyl (C=O) groups excluding carboxylic acids is 1. The Labute approximate surface area is 205 Å². The van der Waals surface area contributed by atoms with Gasteiger partial charge in [-0.05, 0) is 59.4 Å². The summed E-state index contributed by atoms with van der Waals surface area (Å²) in [6, 6.07) is 34.6. The minimum atomic E-state index is -0.433. The quantitative estimate of drug-likeness (QED) is 0.126. The maximum Gasteiger partial charge on any atom is 0.343 e. The minimum Gasteiger partial charge on any atom is -0.493 e. The van der Waals surface area contributed by atoms with Crippen molar-refractivity contribution in [1.82, 2.24) is 0 Å². The standard InChI is InChI=1S/C31H25NO3/c1-34-30-21-24(20-27(22-32)25-12-6-3-7-13-25)17-19-29(30)35-31(33)28-15-9-8-14-26(28)18-16-23-10-4-2-5-11-23/h2-15,17,19-21H,16,18H2,1H3/b27-20+. The van der Waals surface area contributed by atoms with Crippen LogP contribution in [-0.4, -0.2) is 13.1 Å². The van der Waals surface area contributed by atoms with Gasteiger partial charge < -0.3 is 9.47 Å². The summed E-state index contributed by atoms with van der Waals surface area (Å²) in [6.07, 6.45) is 3.34. The van der Waals surface area contributed by atoms with Gasteiger partial charge in [-0.15, -0.1) is 0 Å². The van der Waals surface area contributed by atoms with Crippen LogP contribution in [-0.2, 0) is 12.8 Å². The number of benzene rings is 4. The molecule has 0 amide bonds. The number of rotatable bonds is 8. The molecule has 0 radical (unpaired) electrons. The van der Waals surface area contributed by atoms with Crippen LogP contribution in [0.2, 0.25) is 0 Å². The van der Waals surface area contributed by atoms with E-state index in [2.05, 4.69) is 18.2 Å². The SMILES string of the molecule is COc1cc(/C=C(\C#N)c2ccccc2)ccc1OC(=O)c1ccccc1CCc1ccccc1. The van der Waals surface area contributed by atoms with Gasteiger partial charge in [-0.1, -0.05) is 84.9 Å². The van der Waals surface area contributed by atoms with Crippen molar-refractivity contribution in [2.75, 3.05) is 7.11 Å². The highest BCUT2D eigenvalue weighted by Gasteiger charge is 2.16. The van der Waals surface area contributed by atoms with Gasteiger partial charge in [0.25, 0.3) is 0 Å². The second kappa shape index (κ2) is 11.5. The molecule has 0 N–H and O–H groups in total. The number of hydrogen-bond acceptors (Lipinski definition) is 4. The van der Waals surface area contributed by atoms with Crippen LogP contribution in [0.1, 0.15) is 32.6 Å². The zero-order chi connectivity index (χ0) is 24.5. The average molecular weight is 460 g/mol. The summed E-state index contributed by atoms with van der Waals surface area (Å²) in [6.45, 7) is 0. The molecule has 0 atom stereocenters. The van der Waals surface area contributed by atoms with E-state index in [-0.39, 0.29) is 0 Å². The van der Waals surface area contributed by atoms with Gasteiger partial charge in [0.1, 0.15) is 0 Å². The highest BCUT2D eigenvalue weighted by Crippen LogP contribution is 2.31. The number of ether oxygens (including phenoxy) is 2. The highest BCUT2D eigenvalue weighted by molar-refractivity contribution is 5.93. The van der Waals surface area contributed by atoms with Crippen LogP contribution in [0, 0.1) is 11.3 Å². The Morgan fingerprint density at radius 1 is 0.829 bits per heavy atom. The number of allylic oxidation sites excluding steroid dienone is 1. The zero-order valence-electron chi connectivity index (χ0n) is 19.5. The van der Waals surface area contributed by atoms with Crippen molar-refractivity contribution in [3.8, 4) is 17.6 Å². The van der Waals surface area contributed by atoms with Crippen LogP contribution in [0.15, 0.2) is 103 Å². The van der Waals surface area contributed by atoms with Crippen molar-refractivity contribution >= 4 is 17.6 Å². The van der Waals surface area contributed by atoms with E-state index in [0.717, 1.165) is 29.5 Å². The molecule has 35 heavy (non-hydrogen) atoms. The minimum absolute atomic E-state index is 0.325. The molecule has 0 aliphatic carbocycles. The summed E-state index contributed by atoms with van der Waals surface area (Å²) < 4.78 is 11.2. The lowest BCUT2D eigenvalue weighted by Crippen LogP contribution is -2.12. The third kappa shape index (κ3) is 6.04. The summed E-state index contributed by atoms with van der Waals surface area (Å²) in [4.78, 5) is 13.1. The van der Waals surface area contributed by atoms with Crippen LogP contribution in [0.25, 0.3) is 11.6 Å². The van der Waals surface area contributed by atoms with Crippen LogP contribution >= 0.6 is 0 Å². The number of aryl methyl sites for hydroxylation is 2. The predicted molar refractivity (Wildman–Crippen MR) is 138 cm³/mol. The fourth-order valence-corrected chi connectivity index (χ4v) is 3.84. The second-order valence-corrected chi connectivity index (χ2v) is 7.98. The maximum atomic E-state index is 13.1. The van der Waals surface area contributed by atoms with Crippen LogP contribution in [0.4, 0.5) is 0 Å². The number of carbonyl (C=O) groups is 1. The molecule has 0 aliphatic rings. The van der Waals surface area contributed by atoms with Gasteiger partial charge in [0.2, 0.25) is 0 Å². The normalized spacial score (nSPS) is 10.9. The molecular formula is C31H25NO3. The van der Waals surface area contributed by atoms with Gasteiger partial charge in [-0.25, -0.2) is 4.79 Å². The molecule has 4 rings (SSSR count). The van der Waals surface area contributed by atoms with Gasteiger partial charge >= 0.3 is 5.97 Å². The Morgan fingerprint density at radius 3 is 2.23 bits per heavy atom. The topological polar surface area (TPSA) is 59.3 Å². The summed E-state index contributed by atoms with van der Waals surface area (Å²) in [5.41, 5.74) is 4.81. The Morgan fingerprint density at radius 2 is 1.51 bits per heavy atom.